The molecular formula is C18H25N3O2. The van der Waals surface area contributed by atoms with Crippen LogP contribution in [0.15, 0.2) is 30.7 Å². The maximum Gasteiger partial charge on any atom is 0.119 e. The van der Waals surface area contributed by atoms with Gasteiger partial charge in [-0.25, -0.2) is 4.98 Å². The SMILES string of the molecule is COCCn1cncc1CN1CCc2ccc(OC)cc2[C@@H]1C. The van der Waals surface area contributed by atoms with E-state index in [0.717, 1.165) is 31.8 Å². The van der Waals surface area contributed by atoms with Crippen LogP contribution in [0.5, 0.6) is 5.75 Å². The maximum absolute atomic E-state index is 5.39. The van der Waals surface area contributed by atoms with E-state index in [2.05, 4.69) is 39.6 Å². The van der Waals surface area contributed by atoms with Crippen molar-refractivity contribution in [2.75, 3.05) is 27.4 Å². The van der Waals surface area contributed by atoms with E-state index in [1.54, 1.807) is 14.2 Å². The Hall–Kier alpha value is -1.85. The molecule has 0 fully saturated rings. The minimum Gasteiger partial charge on any atom is -0.497 e. The topological polar surface area (TPSA) is 39.5 Å². The number of aromatic nitrogens is 2. The molecule has 2 heterocycles. The van der Waals surface area contributed by atoms with Crippen LogP contribution >= 0.6 is 0 Å². The van der Waals surface area contributed by atoms with Gasteiger partial charge in [0.25, 0.3) is 0 Å². The third kappa shape index (κ3) is 3.41. The van der Waals surface area contributed by atoms with E-state index in [1.165, 1.54) is 16.8 Å². The van der Waals surface area contributed by atoms with Crippen LogP contribution in [0.4, 0.5) is 0 Å². The van der Waals surface area contributed by atoms with Crippen LogP contribution in [-0.2, 0) is 24.2 Å². The number of imidazole rings is 1. The Morgan fingerprint density at radius 1 is 1.30 bits per heavy atom. The highest BCUT2D eigenvalue weighted by Gasteiger charge is 2.25. The average molecular weight is 315 g/mol. The Bertz CT molecular complexity index is 653. The first kappa shape index (κ1) is 16.0. The number of rotatable bonds is 6. The average Bonchev–Trinajstić information content (AvgIpc) is 3.02. The highest BCUT2D eigenvalue weighted by Crippen LogP contribution is 2.32. The van der Waals surface area contributed by atoms with E-state index in [0.29, 0.717) is 12.6 Å². The largest absolute Gasteiger partial charge is 0.497 e. The normalized spacial score (nSPS) is 18.0. The Morgan fingerprint density at radius 3 is 2.96 bits per heavy atom. The Morgan fingerprint density at radius 2 is 2.17 bits per heavy atom. The predicted octanol–water partition coefficient (Wildman–Crippen LogP) is 2.66. The molecule has 3 rings (SSSR count). The van der Waals surface area contributed by atoms with Gasteiger partial charge < -0.3 is 14.0 Å². The fourth-order valence-electron chi connectivity index (χ4n) is 3.27. The molecule has 0 spiro atoms. The molecule has 1 aromatic carbocycles. The van der Waals surface area contributed by atoms with E-state index < -0.39 is 0 Å². The summed E-state index contributed by atoms with van der Waals surface area (Å²) in [7, 11) is 3.45. The summed E-state index contributed by atoms with van der Waals surface area (Å²) in [4.78, 5) is 6.80. The van der Waals surface area contributed by atoms with E-state index in [-0.39, 0.29) is 0 Å². The summed E-state index contributed by atoms with van der Waals surface area (Å²) in [6.45, 7) is 5.79. The molecule has 0 radical (unpaired) electrons. The van der Waals surface area contributed by atoms with Crippen molar-refractivity contribution in [2.45, 2.75) is 32.5 Å². The lowest BCUT2D eigenvalue weighted by Gasteiger charge is -2.35. The molecule has 23 heavy (non-hydrogen) atoms. The molecule has 0 amide bonds. The summed E-state index contributed by atoms with van der Waals surface area (Å²) in [6.07, 6.45) is 4.93. The molecule has 124 valence electrons. The van der Waals surface area contributed by atoms with Gasteiger partial charge in [-0.05, 0) is 36.6 Å². The highest BCUT2D eigenvalue weighted by molar-refractivity contribution is 5.39. The molecule has 0 saturated heterocycles. The number of hydrogen-bond donors (Lipinski definition) is 0. The molecule has 0 unspecified atom stereocenters. The third-order valence-corrected chi connectivity index (χ3v) is 4.72. The van der Waals surface area contributed by atoms with Gasteiger partial charge in [0.15, 0.2) is 0 Å². The second kappa shape index (κ2) is 7.15. The van der Waals surface area contributed by atoms with Crippen LogP contribution in [0.1, 0.15) is 29.8 Å². The molecule has 5 heteroatoms. The Labute approximate surface area is 137 Å². The second-order valence-electron chi connectivity index (χ2n) is 6.03. The van der Waals surface area contributed by atoms with Crippen molar-refractivity contribution in [1.29, 1.82) is 0 Å². The molecule has 0 bridgehead atoms. The van der Waals surface area contributed by atoms with Gasteiger partial charge in [0.05, 0.1) is 25.7 Å². The van der Waals surface area contributed by atoms with Gasteiger partial charge in [0, 0.05) is 39.0 Å². The molecule has 1 aliphatic heterocycles. The monoisotopic (exact) mass is 315 g/mol. The van der Waals surface area contributed by atoms with Crippen molar-refractivity contribution in [2.24, 2.45) is 0 Å². The Balaban J connectivity index is 1.76. The van der Waals surface area contributed by atoms with Crippen molar-refractivity contribution < 1.29 is 9.47 Å². The fourth-order valence-corrected chi connectivity index (χ4v) is 3.27. The zero-order valence-corrected chi connectivity index (χ0v) is 14.2. The van der Waals surface area contributed by atoms with Gasteiger partial charge in [-0.15, -0.1) is 0 Å². The van der Waals surface area contributed by atoms with E-state index in [4.69, 9.17) is 9.47 Å². The number of nitrogens with zero attached hydrogens (tertiary/aromatic N) is 3. The van der Waals surface area contributed by atoms with Crippen molar-refractivity contribution in [3.8, 4) is 5.75 Å². The van der Waals surface area contributed by atoms with Crippen molar-refractivity contribution in [1.82, 2.24) is 14.5 Å². The first-order valence-corrected chi connectivity index (χ1v) is 8.11. The zero-order chi connectivity index (χ0) is 16.2. The van der Waals surface area contributed by atoms with Crippen molar-refractivity contribution in [3.63, 3.8) is 0 Å². The highest BCUT2D eigenvalue weighted by atomic mass is 16.5. The number of ether oxygens (including phenoxy) is 2. The van der Waals surface area contributed by atoms with E-state index >= 15 is 0 Å². The summed E-state index contributed by atoms with van der Waals surface area (Å²) in [5, 5.41) is 0. The number of benzene rings is 1. The summed E-state index contributed by atoms with van der Waals surface area (Å²) in [5.74, 6) is 0.933. The zero-order valence-electron chi connectivity index (χ0n) is 14.2. The summed E-state index contributed by atoms with van der Waals surface area (Å²) in [5.41, 5.74) is 4.04. The molecule has 5 nitrogen and oxygen atoms in total. The summed E-state index contributed by atoms with van der Waals surface area (Å²) >= 11 is 0. The molecule has 1 aromatic heterocycles. The van der Waals surface area contributed by atoms with Crippen molar-refractivity contribution >= 4 is 0 Å². The van der Waals surface area contributed by atoms with E-state index in [9.17, 15) is 0 Å². The number of methoxy groups -OCH3 is 2. The molecule has 1 atom stereocenters. The van der Waals surface area contributed by atoms with Crippen LogP contribution < -0.4 is 4.74 Å². The van der Waals surface area contributed by atoms with Crippen LogP contribution in [0, 0.1) is 0 Å². The first-order chi connectivity index (χ1) is 11.2. The minimum atomic E-state index is 0.375. The Kier molecular flexibility index (Phi) is 4.98. The van der Waals surface area contributed by atoms with Gasteiger partial charge in [-0.3, -0.25) is 4.90 Å². The summed E-state index contributed by atoms with van der Waals surface area (Å²) in [6, 6.07) is 6.81. The maximum atomic E-state index is 5.39. The lowest BCUT2D eigenvalue weighted by Crippen LogP contribution is -2.34. The molecule has 0 N–H and O–H groups in total. The van der Waals surface area contributed by atoms with E-state index in [1.807, 2.05) is 12.5 Å². The molecule has 2 aromatic rings. The molecule has 0 saturated carbocycles. The number of hydrogen-bond acceptors (Lipinski definition) is 4. The first-order valence-electron chi connectivity index (χ1n) is 8.11. The van der Waals surface area contributed by atoms with Gasteiger partial charge in [0.2, 0.25) is 0 Å². The van der Waals surface area contributed by atoms with Gasteiger partial charge in [-0.2, -0.15) is 0 Å². The van der Waals surface area contributed by atoms with Crippen LogP contribution in [0.25, 0.3) is 0 Å². The summed E-state index contributed by atoms with van der Waals surface area (Å²) < 4.78 is 12.7. The lowest BCUT2D eigenvalue weighted by atomic mass is 9.93. The van der Waals surface area contributed by atoms with Gasteiger partial charge in [-0.1, -0.05) is 6.07 Å². The third-order valence-electron chi connectivity index (χ3n) is 4.72. The van der Waals surface area contributed by atoms with Crippen LogP contribution in [-0.4, -0.2) is 41.8 Å². The predicted molar refractivity (Wildman–Crippen MR) is 89.6 cm³/mol. The quantitative estimate of drug-likeness (QED) is 0.821. The number of fused-ring (bicyclic) bond motifs is 1. The van der Waals surface area contributed by atoms with Crippen molar-refractivity contribution in [3.05, 3.63) is 47.5 Å². The van der Waals surface area contributed by atoms with Gasteiger partial charge in [0.1, 0.15) is 5.75 Å². The smallest absolute Gasteiger partial charge is 0.119 e. The molecule has 1 aliphatic rings. The molecule has 0 aliphatic carbocycles. The van der Waals surface area contributed by atoms with Crippen LogP contribution in [0.2, 0.25) is 0 Å². The van der Waals surface area contributed by atoms with Crippen LogP contribution in [0.3, 0.4) is 0 Å². The lowest BCUT2D eigenvalue weighted by molar-refractivity contribution is 0.172. The molecular weight excluding hydrogens is 290 g/mol. The minimum absolute atomic E-state index is 0.375. The standard InChI is InChI=1S/C18H25N3O2/c1-14-18-10-17(23-3)5-4-15(18)6-7-20(14)12-16-11-19-13-21(16)8-9-22-2/h4-5,10-11,13-14H,6-9,12H2,1-3H3/t14-/m0/s1. The van der Waals surface area contributed by atoms with Gasteiger partial charge >= 0.3 is 0 Å². The second-order valence-corrected chi connectivity index (χ2v) is 6.03. The fraction of sp³-hybridized carbons (Fsp3) is 0.500.